The standard InChI is InChI=1S/C11H8FN3OS2/c12-8-4-2-1-3-7(8)9(16)14-11-15-6-5-13-10(15)17-18-11/h1-4H,5-6H2/b14-11-. The molecule has 2 aliphatic rings. The maximum absolute atomic E-state index is 13.4. The lowest BCUT2D eigenvalue weighted by molar-refractivity contribution is 0.0998. The van der Waals surface area contributed by atoms with E-state index in [0.29, 0.717) is 5.17 Å². The van der Waals surface area contributed by atoms with Crippen molar-refractivity contribution in [3.05, 3.63) is 35.6 Å². The molecule has 0 unspecified atom stereocenters. The number of amidine groups is 2. The first-order chi connectivity index (χ1) is 8.75. The van der Waals surface area contributed by atoms with Gasteiger partial charge >= 0.3 is 0 Å². The summed E-state index contributed by atoms with van der Waals surface area (Å²) in [6, 6.07) is 5.86. The number of carbonyl (C=O) groups excluding carboxylic acids is 1. The van der Waals surface area contributed by atoms with Crippen LogP contribution in [0.25, 0.3) is 0 Å². The van der Waals surface area contributed by atoms with Crippen LogP contribution in [0.4, 0.5) is 4.39 Å². The molecule has 0 spiro atoms. The summed E-state index contributed by atoms with van der Waals surface area (Å²) >= 11 is 0. The molecule has 92 valence electrons. The Morgan fingerprint density at radius 2 is 2.22 bits per heavy atom. The van der Waals surface area contributed by atoms with Crippen LogP contribution in [-0.4, -0.2) is 34.2 Å². The molecule has 0 bridgehead atoms. The van der Waals surface area contributed by atoms with Crippen LogP contribution < -0.4 is 0 Å². The Balaban J connectivity index is 1.87. The highest BCUT2D eigenvalue weighted by Gasteiger charge is 2.31. The highest BCUT2D eigenvalue weighted by atomic mass is 33.1. The van der Waals surface area contributed by atoms with Gasteiger partial charge in [-0.1, -0.05) is 12.1 Å². The molecule has 1 amide bonds. The van der Waals surface area contributed by atoms with E-state index < -0.39 is 11.7 Å². The van der Waals surface area contributed by atoms with Crippen LogP contribution in [0, 0.1) is 5.82 Å². The number of aliphatic imine (C=N–C) groups is 2. The van der Waals surface area contributed by atoms with Gasteiger partial charge in [-0.2, -0.15) is 4.99 Å². The Labute approximate surface area is 111 Å². The van der Waals surface area contributed by atoms with Crippen molar-refractivity contribution in [2.45, 2.75) is 0 Å². The van der Waals surface area contributed by atoms with Crippen LogP contribution in [0.1, 0.15) is 10.4 Å². The molecule has 1 saturated heterocycles. The molecule has 1 aromatic carbocycles. The SMILES string of the molecule is O=C(/N=C1\SSC2=NCCN21)c1ccccc1F. The summed E-state index contributed by atoms with van der Waals surface area (Å²) < 4.78 is 13.4. The molecule has 1 fully saturated rings. The number of hydrogen-bond donors (Lipinski definition) is 0. The molecule has 0 atom stereocenters. The van der Waals surface area contributed by atoms with Gasteiger partial charge < -0.3 is 0 Å². The second-order valence-corrected chi connectivity index (χ2v) is 5.73. The fourth-order valence-electron chi connectivity index (χ4n) is 1.66. The van der Waals surface area contributed by atoms with Crippen molar-refractivity contribution in [2.24, 2.45) is 9.98 Å². The van der Waals surface area contributed by atoms with Crippen molar-refractivity contribution in [3.8, 4) is 0 Å². The first kappa shape index (κ1) is 11.7. The summed E-state index contributed by atoms with van der Waals surface area (Å²) in [7, 11) is 2.86. The monoisotopic (exact) mass is 281 g/mol. The molecule has 0 aliphatic carbocycles. The van der Waals surface area contributed by atoms with E-state index in [1.54, 1.807) is 12.1 Å². The number of fused-ring (bicyclic) bond motifs is 1. The van der Waals surface area contributed by atoms with Gasteiger partial charge in [0.2, 0.25) is 0 Å². The molecule has 3 rings (SSSR count). The van der Waals surface area contributed by atoms with Crippen molar-refractivity contribution in [2.75, 3.05) is 13.1 Å². The third-order valence-electron chi connectivity index (χ3n) is 2.52. The Morgan fingerprint density at radius 1 is 1.39 bits per heavy atom. The lowest BCUT2D eigenvalue weighted by Gasteiger charge is -2.09. The zero-order valence-electron chi connectivity index (χ0n) is 9.17. The molecule has 1 aromatic rings. The molecular formula is C11H8FN3OS2. The van der Waals surface area contributed by atoms with Gasteiger partial charge in [0.1, 0.15) is 5.82 Å². The second kappa shape index (κ2) is 4.74. The predicted molar refractivity (Wildman–Crippen MR) is 72.4 cm³/mol. The zero-order valence-corrected chi connectivity index (χ0v) is 10.8. The van der Waals surface area contributed by atoms with Crippen LogP contribution in [0.3, 0.4) is 0 Å². The van der Waals surface area contributed by atoms with E-state index in [-0.39, 0.29) is 5.56 Å². The fourth-order valence-corrected chi connectivity index (χ4v) is 3.92. The average molecular weight is 281 g/mol. The van der Waals surface area contributed by atoms with E-state index in [1.165, 1.54) is 33.7 Å². The van der Waals surface area contributed by atoms with Gasteiger partial charge in [0, 0.05) is 6.54 Å². The number of nitrogens with zero attached hydrogens (tertiary/aromatic N) is 3. The zero-order chi connectivity index (χ0) is 12.5. The van der Waals surface area contributed by atoms with E-state index in [1.807, 2.05) is 4.90 Å². The van der Waals surface area contributed by atoms with E-state index in [4.69, 9.17) is 0 Å². The van der Waals surface area contributed by atoms with E-state index in [0.717, 1.165) is 18.3 Å². The third kappa shape index (κ3) is 2.04. The van der Waals surface area contributed by atoms with Gasteiger partial charge in [-0.25, -0.2) is 4.39 Å². The molecule has 2 heterocycles. The van der Waals surface area contributed by atoms with Crippen LogP contribution in [-0.2, 0) is 0 Å². The second-order valence-electron chi connectivity index (χ2n) is 3.66. The van der Waals surface area contributed by atoms with E-state index >= 15 is 0 Å². The average Bonchev–Trinajstić information content (AvgIpc) is 2.94. The molecule has 0 saturated carbocycles. The smallest absolute Gasteiger partial charge is 0.282 e. The van der Waals surface area contributed by atoms with Gasteiger partial charge in [-0.3, -0.25) is 14.7 Å². The molecule has 0 radical (unpaired) electrons. The maximum Gasteiger partial charge on any atom is 0.282 e. The molecule has 0 aromatic heterocycles. The van der Waals surface area contributed by atoms with Gasteiger partial charge in [-0.05, 0) is 33.7 Å². The summed E-state index contributed by atoms with van der Waals surface area (Å²) in [5.41, 5.74) is 0.000172. The molecule has 7 heteroatoms. The Kier molecular flexibility index (Phi) is 3.09. The number of benzene rings is 1. The summed E-state index contributed by atoms with van der Waals surface area (Å²) in [4.78, 5) is 22.0. The summed E-state index contributed by atoms with van der Waals surface area (Å²) in [6.45, 7) is 1.45. The van der Waals surface area contributed by atoms with E-state index in [9.17, 15) is 9.18 Å². The van der Waals surface area contributed by atoms with Crippen molar-refractivity contribution in [1.82, 2.24) is 4.90 Å². The summed E-state index contributed by atoms with van der Waals surface area (Å²) in [6.07, 6.45) is 0. The molecule has 18 heavy (non-hydrogen) atoms. The number of amides is 1. The van der Waals surface area contributed by atoms with Gasteiger partial charge in [0.15, 0.2) is 10.3 Å². The van der Waals surface area contributed by atoms with Crippen LogP contribution in [0.5, 0.6) is 0 Å². The lowest BCUT2D eigenvalue weighted by atomic mass is 10.2. The molecule has 4 nitrogen and oxygen atoms in total. The number of carbonyl (C=O) groups is 1. The number of rotatable bonds is 1. The first-order valence-corrected chi connectivity index (χ1v) is 7.45. The first-order valence-electron chi connectivity index (χ1n) is 5.30. The molecule has 0 N–H and O–H groups in total. The highest BCUT2D eigenvalue weighted by molar-refractivity contribution is 8.88. The summed E-state index contributed by atoms with van der Waals surface area (Å²) in [5, 5.41) is 1.46. The number of halogens is 1. The minimum Gasteiger partial charge on any atom is -0.297 e. The highest BCUT2D eigenvalue weighted by Crippen LogP contribution is 2.38. The topological polar surface area (TPSA) is 45.0 Å². The van der Waals surface area contributed by atoms with Crippen LogP contribution in [0.2, 0.25) is 0 Å². The Bertz CT molecular complexity index is 573. The lowest BCUT2D eigenvalue weighted by Crippen LogP contribution is -2.26. The van der Waals surface area contributed by atoms with Crippen molar-refractivity contribution < 1.29 is 9.18 Å². The summed E-state index contributed by atoms with van der Waals surface area (Å²) in [5.74, 6) is -1.10. The van der Waals surface area contributed by atoms with Gasteiger partial charge in [-0.15, -0.1) is 0 Å². The van der Waals surface area contributed by atoms with Gasteiger partial charge in [0.05, 0.1) is 12.1 Å². The van der Waals surface area contributed by atoms with Crippen molar-refractivity contribution in [3.63, 3.8) is 0 Å². The fraction of sp³-hybridized carbons (Fsp3) is 0.182. The van der Waals surface area contributed by atoms with Crippen LogP contribution in [0.15, 0.2) is 34.3 Å². The normalized spacial score (nSPS) is 20.2. The van der Waals surface area contributed by atoms with Crippen molar-refractivity contribution in [1.29, 1.82) is 0 Å². The minimum absolute atomic E-state index is 0.000172. The van der Waals surface area contributed by atoms with Crippen LogP contribution >= 0.6 is 21.6 Å². The predicted octanol–water partition coefficient (Wildman–Crippen LogP) is 2.39. The Morgan fingerprint density at radius 3 is 3.06 bits per heavy atom. The van der Waals surface area contributed by atoms with E-state index in [2.05, 4.69) is 9.98 Å². The van der Waals surface area contributed by atoms with Crippen molar-refractivity contribution >= 4 is 37.8 Å². The minimum atomic E-state index is -0.552. The Hall–Kier alpha value is -1.34. The number of hydrogen-bond acceptors (Lipinski definition) is 4. The largest absolute Gasteiger partial charge is 0.297 e. The molecular weight excluding hydrogens is 273 g/mol. The third-order valence-corrected chi connectivity index (χ3v) is 4.71. The van der Waals surface area contributed by atoms with Gasteiger partial charge in [0.25, 0.3) is 5.91 Å². The molecule has 2 aliphatic heterocycles. The maximum atomic E-state index is 13.4. The quantitative estimate of drug-likeness (QED) is 0.741.